The third-order valence-electron chi connectivity index (χ3n) is 0.715. The van der Waals surface area contributed by atoms with Gasteiger partial charge >= 0.3 is 11.9 Å². The zero-order valence-corrected chi connectivity index (χ0v) is 8.13. The summed E-state index contributed by atoms with van der Waals surface area (Å²) in [6.45, 7) is 2.39. The predicted molar refractivity (Wildman–Crippen MR) is 38.6 cm³/mol. The van der Waals surface area contributed by atoms with E-state index in [1.807, 2.05) is 0 Å². The number of carbonyl (C=O) groups is 2. The summed E-state index contributed by atoms with van der Waals surface area (Å²) in [7, 11) is 0. The number of hydrogen-bond donors (Lipinski definition) is 4. The summed E-state index contributed by atoms with van der Waals surface area (Å²) in [5, 5.41) is 31.5. The number of hydrogen-bond acceptors (Lipinski definition) is 4. The number of aliphatic hydroxyl groups is 2. The fourth-order valence-electron chi connectivity index (χ4n) is 0. The molecule has 0 amide bonds. The Kier molecular flexibility index (Phi) is 13.2. The molecule has 0 aromatic rings. The monoisotopic (exact) mass is 239 g/mol. The van der Waals surface area contributed by atoms with Crippen LogP contribution in [-0.2, 0) is 26.4 Å². The predicted octanol–water partition coefficient (Wildman–Crippen LogP) is -1.10. The Morgan fingerprint density at radius 1 is 0.923 bits per heavy atom. The van der Waals surface area contributed by atoms with Crippen molar-refractivity contribution in [3.63, 3.8) is 0 Å². The first kappa shape index (κ1) is 18.2. The molecule has 13 heavy (non-hydrogen) atoms. The van der Waals surface area contributed by atoms with Crippen molar-refractivity contribution in [3.05, 3.63) is 0 Å². The summed E-state index contributed by atoms with van der Waals surface area (Å²) in [5.74, 6) is -2.37. The van der Waals surface area contributed by atoms with Crippen molar-refractivity contribution in [1.29, 1.82) is 0 Å². The van der Waals surface area contributed by atoms with Crippen LogP contribution in [0.15, 0.2) is 0 Å². The van der Waals surface area contributed by atoms with Gasteiger partial charge in [0.25, 0.3) is 0 Å². The van der Waals surface area contributed by atoms with Crippen molar-refractivity contribution in [2.45, 2.75) is 26.1 Å². The molecule has 0 spiro atoms. The third-order valence-corrected chi connectivity index (χ3v) is 0.715. The smallest absolute Gasteiger partial charge is 0.332 e. The second-order valence-electron chi connectivity index (χ2n) is 2.03. The first-order chi connectivity index (χ1) is 5.29. The van der Waals surface area contributed by atoms with Gasteiger partial charge in [0.05, 0.1) is 0 Å². The van der Waals surface area contributed by atoms with Crippen LogP contribution in [0, 0.1) is 0 Å². The van der Waals surface area contributed by atoms with E-state index in [1.54, 1.807) is 0 Å². The molecule has 0 rings (SSSR count). The van der Waals surface area contributed by atoms with E-state index in [0.29, 0.717) is 0 Å². The Hall–Kier alpha value is -0.634. The zero-order valence-electron chi connectivity index (χ0n) is 7.09. The summed E-state index contributed by atoms with van der Waals surface area (Å²) < 4.78 is 0. The van der Waals surface area contributed by atoms with E-state index in [1.165, 1.54) is 13.8 Å². The Labute approximate surface area is 85.4 Å². The zero-order chi connectivity index (χ0) is 10.3. The molecular formula is C6H12CoO6. The Bertz CT molecular complexity index is 137. The molecule has 0 aromatic heterocycles. The van der Waals surface area contributed by atoms with Crippen molar-refractivity contribution >= 4 is 11.9 Å². The van der Waals surface area contributed by atoms with Gasteiger partial charge in [-0.2, -0.15) is 0 Å². The Balaban J connectivity index is -0.000000143. The van der Waals surface area contributed by atoms with Crippen LogP contribution in [0.3, 0.4) is 0 Å². The molecular weight excluding hydrogens is 227 g/mol. The maximum absolute atomic E-state index is 9.45. The van der Waals surface area contributed by atoms with Crippen LogP contribution in [0.5, 0.6) is 0 Å². The summed E-state index contributed by atoms with van der Waals surface area (Å²) in [6, 6.07) is 0. The first-order valence-electron chi connectivity index (χ1n) is 3.10. The molecule has 0 aliphatic carbocycles. The maximum Gasteiger partial charge on any atom is 0.332 e. The summed E-state index contributed by atoms with van der Waals surface area (Å²) in [6.07, 6.45) is -2.46. The van der Waals surface area contributed by atoms with Crippen LogP contribution >= 0.6 is 0 Å². The van der Waals surface area contributed by atoms with Crippen molar-refractivity contribution in [3.8, 4) is 0 Å². The normalized spacial score (nSPS) is 12.6. The minimum atomic E-state index is -1.23. The summed E-state index contributed by atoms with van der Waals surface area (Å²) in [4.78, 5) is 18.9. The van der Waals surface area contributed by atoms with Crippen LogP contribution < -0.4 is 0 Å². The number of carboxylic acids is 2. The molecule has 1 radical (unpaired) electrons. The van der Waals surface area contributed by atoms with Crippen LogP contribution in [-0.4, -0.2) is 44.6 Å². The van der Waals surface area contributed by atoms with Gasteiger partial charge in [-0.1, -0.05) is 0 Å². The molecule has 7 heteroatoms. The average molecular weight is 239 g/mol. The van der Waals surface area contributed by atoms with Crippen LogP contribution in [0.4, 0.5) is 0 Å². The van der Waals surface area contributed by atoms with Crippen LogP contribution in [0.25, 0.3) is 0 Å². The van der Waals surface area contributed by atoms with Gasteiger partial charge in [0, 0.05) is 16.8 Å². The van der Waals surface area contributed by atoms with Gasteiger partial charge in [0.2, 0.25) is 0 Å². The van der Waals surface area contributed by atoms with E-state index >= 15 is 0 Å². The Morgan fingerprint density at radius 2 is 1.00 bits per heavy atom. The molecule has 0 bridgehead atoms. The van der Waals surface area contributed by atoms with Crippen LogP contribution in [0.2, 0.25) is 0 Å². The first-order valence-corrected chi connectivity index (χ1v) is 3.10. The second-order valence-corrected chi connectivity index (χ2v) is 2.03. The molecule has 0 aliphatic rings. The van der Waals surface area contributed by atoms with Gasteiger partial charge in [-0.3, -0.25) is 0 Å². The summed E-state index contributed by atoms with van der Waals surface area (Å²) in [5.41, 5.74) is 0. The summed E-state index contributed by atoms with van der Waals surface area (Å²) >= 11 is 0. The SMILES string of the molecule is CC(O)C(=O)O.CC(O)C(=O)O.[Co]. The molecule has 0 fully saturated rings. The quantitative estimate of drug-likeness (QED) is 0.486. The van der Waals surface area contributed by atoms with E-state index in [9.17, 15) is 9.59 Å². The van der Waals surface area contributed by atoms with Crippen molar-refractivity contribution in [2.24, 2.45) is 0 Å². The van der Waals surface area contributed by atoms with Gasteiger partial charge in [0.15, 0.2) is 0 Å². The van der Waals surface area contributed by atoms with Gasteiger partial charge in [-0.25, -0.2) is 9.59 Å². The number of rotatable bonds is 2. The number of aliphatic hydroxyl groups excluding tert-OH is 2. The molecule has 2 unspecified atom stereocenters. The van der Waals surface area contributed by atoms with Gasteiger partial charge in [-0.15, -0.1) is 0 Å². The minimum Gasteiger partial charge on any atom is -0.479 e. The molecule has 0 heterocycles. The molecule has 81 valence electrons. The molecule has 4 N–H and O–H groups in total. The van der Waals surface area contributed by atoms with Gasteiger partial charge in [0.1, 0.15) is 12.2 Å². The van der Waals surface area contributed by atoms with Crippen molar-refractivity contribution in [2.75, 3.05) is 0 Å². The maximum atomic E-state index is 9.45. The number of carboxylic acid groups (broad SMARTS) is 2. The largest absolute Gasteiger partial charge is 0.479 e. The average Bonchev–Trinajstić information content (AvgIpc) is 1.88. The van der Waals surface area contributed by atoms with E-state index in [4.69, 9.17) is 20.4 Å². The third kappa shape index (κ3) is 18.4. The van der Waals surface area contributed by atoms with Crippen molar-refractivity contribution in [1.82, 2.24) is 0 Å². The molecule has 0 saturated carbocycles. The molecule has 0 aliphatic heterocycles. The molecule has 2 atom stereocenters. The van der Waals surface area contributed by atoms with Gasteiger partial charge in [-0.05, 0) is 13.8 Å². The van der Waals surface area contributed by atoms with E-state index in [2.05, 4.69) is 0 Å². The topological polar surface area (TPSA) is 115 Å². The van der Waals surface area contributed by atoms with E-state index < -0.39 is 24.1 Å². The van der Waals surface area contributed by atoms with E-state index in [0.717, 1.165) is 0 Å². The van der Waals surface area contributed by atoms with Crippen molar-refractivity contribution < 1.29 is 46.8 Å². The minimum absolute atomic E-state index is 0. The molecule has 0 aromatic carbocycles. The fourth-order valence-corrected chi connectivity index (χ4v) is 0. The fraction of sp³-hybridized carbons (Fsp3) is 0.667. The molecule has 6 nitrogen and oxygen atoms in total. The van der Waals surface area contributed by atoms with Gasteiger partial charge < -0.3 is 20.4 Å². The Morgan fingerprint density at radius 3 is 1.00 bits per heavy atom. The van der Waals surface area contributed by atoms with E-state index in [-0.39, 0.29) is 16.8 Å². The second kappa shape index (κ2) is 9.45. The molecule has 0 saturated heterocycles. The number of aliphatic carboxylic acids is 2. The standard InChI is InChI=1S/2C3H6O3.Co/c2*1-2(4)3(5)6;/h2*2,4H,1H3,(H,5,6);. The van der Waals surface area contributed by atoms with Crippen LogP contribution in [0.1, 0.15) is 13.8 Å².